The molecule has 0 saturated heterocycles. The van der Waals surface area contributed by atoms with Gasteiger partial charge >= 0.3 is 12.1 Å². The Morgan fingerprint density at radius 2 is 1.76 bits per heavy atom. The summed E-state index contributed by atoms with van der Waals surface area (Å²) in [6.07, 6.45) is -0.742. The van der Waals surface area contributed by atoms with Gasteiger partial charge in [0.05, 0.1) is 11.5 Å². The van der Waals surface area contributed by atoms with Crippen LogP contribution in [-0.2, 0) is 20.7 Å². The van der Waals surface area contributed by atoms with Crippen molar-refractivity contribution in [3.05, 3.63) is 94.9 Å². The van der Waals surface area contributed by atoms with Crippen molar-refractivity contribution in [1.29, 1.82) is 5.41 Å². The fourth-order valence-electron chi connectivity index (χ4n) is 3.75. The van der Waals surface area contributed by atoms with Crippen molar-refractivity contribution < 1.29 is 23.8 Å². The van der Waals surface area contributed by atoms with Crippen LogP contribution in [0.25, 0.3) is 10.1 Å². The van der Waals surface area contributed by atoms with Crippen molar-refractivity contribution in [2.24, 2.45) is 5.73 Å². The molecule has 190 valence electrons. The highest BCUT2D eigenvalue weighted by molar-refractivity contribution is 7.20. The minimum Gasteiger partial charge on any atom is -0.481 e. The van der Waals surface area contributed by atoms with Crippen LogP contribution in [0.2, 0.25) is 0 Å². The maximum absolute atomic E-state index is 12.7. The molecule has 1 unspecified atom stereocenters. The van der Waals surface area contributed by atoms with E-state index in [1.807, 2.05) is 66.7 Å². The zero-order valence-electron chi connectivity index (χ0n) is 20.2. The molecule has 0 aliphatic heterocycles. The van der Waals surface area contributed by atoms with Crippen molar-refractivity contribution >= 4 is 45.0 Å². The molecule has 1 amide bonds. The van der Waals surface area contributed by atoms with E-state index in [1.54, 1.807) is 12.1 Å². The second-order valence-electron chi connectivity index (χ2n) is 8.18. The highest BCUT2D eigenvalue weighted by atomic mass is 32.1. The molecule has 0 fully saturated rings. The standard InChI is InChI=1S/C28H27N3O5S/c1-18(32)34-15-14-19-8-5-6-11-22(19)31-28(33)35-17-24(20-9-3-2-4-10-20)36-23-12-7-13-25-21(23)16-26(37-25)27(29)30/h2-13,16,24H,14-15,17H2,1H3,(H3,29,30)(H,31,33). The van der Waals surface area contributed by atoms with Gasteiger partial charge in [-0.1, -0.05) is 54.6 Å². The summed E-state index contributed by atoms with van der Waals surface area (Å²) >= 11 is 1.42. The van der Waals surface area contributed by atoms with Crippen LogP contribution in [0.15, 0.2) is 78.9 Å². The Morgan fingerprint density at radius 1 is 1.00 bits per heavy atom. The number of hydrogen-bond donors (Lipinski definition) is 3. The number of amides is 1. The number of hydrogen-bond acceptors (Lipinski definition) is 7. The first-order valence-electron chi connectivity index (χ1n) is 11.6. The molecule has 1 atom stereocenters. The number of nitrogens with two attached hydrogens (primary N) is 1. The number of thiophene rings is 1. The fourth-order valence-corrected chi connectivity index (χ4v) is 4.69. The quantitative estimate of drug-likeness (QED) is 0.142. The molecule has 4 aromatic rings. The molecule has 1 aromatic heterocycles. The Morgan fingerprint density at radius 3 is 2.51 bits per heavy atom. The molecule has 3 aromatic carbocycles. The Labute approximate surface area is 218 Å². The number of carbonyl (C=O) groups excluding carboxylic acids is 2. The lowest BCUT2D eigenvalue weighted by molar-refractivity contribution is -0.140. The Hall–Kier alpha value is -4.37. The molecule has 4 rings (SSSR count). The number of nitrogens with one attached hydrogen (secondary N) is 2. The molecule has 1 heterocycles. The number of anilines is 1. The van der Waals surface area contributed by atoms with Crippen LogP contribution in [0.1, 0.15) is 29.0 Å². The van der Waals surface area contributed by atoms with Gasteiger partial charge in [-0.2, -0.15) is 0 Å². The van der Waals surface area contributed by atoms with Crippen LogP contribution >= 0.6 is 11.3 Å². The molecule has 0 aliphatic carbocycles. The average Bonchev–Trinajstić information content (AvgIpc) is 3.34. The van der Waals surface area contributed by atoms with E-state index in [2.05, 4.69) is 5.32 Å². The van der Waals surface area contributed by atoms with Crippen LogP contribution in [0.5, 0.6) is 5.75 Å². The van der Waals surface area contributed by atoms with Gasteiger partial charge in [-0.3, -0.25) is 15.5 Å². The number of amidine groups is 1. The number of fused-ring (bicyclic) bond motifs is 1. The maximum Gasteiger partial charge on any atom is 0.411 e. The van der Waals surface area contributed by atoms with Gasteiger partial charge in [0.15, 0.2) is 6.10 Å². The van der Waals surface area contributed by atoms with Crippen molar-refractivity contribution in [3.63, 3.8) is 0 Å². The zero-order chi connectivity index (χ0) is 26.2. The first kappa shape index (κ1) is 25.7. The van der Waals surface area contributed by atoms with Crippen LogP contribution in [0.4, 0.5) is 10.5 Å². The average molecular weight is 518 g/mol. The summed E-state index contributed by atoms with van der Waals surface area (Å²) in [4.78, 5) is 24.4. The molecule has 8 nitrogen and oxygen atoms in total. The Bertz CT molecular complexity index is 1400. The lowest BCUT2D eigenvalue weighted by Gasteiger charge is -2.20. The van der Waals surface area contributed by atoms with Gasteiger partial charge in [0, 0.05) is 29.1 Å². The van der Waals surface area contributed by atoms with E-state index >= 15 is 0 Å². The number of benzene rings is 3. The fraction of sp³-hybridized carbons (Fsp3) is 0.179. The number of esters is 1. The Kier molecular flexibility index (Phi) is 8.37. The zero-order valence-corrected chi connectivity index (χ0v) is 21.0. The second kappa shape index (κ2) is 12.0. The van der Waals surface area contributed by atoms with E-state index in [0.29, 0.717) is 22.7 Å². The smallest absolute Gasteiger partial charge is 0.411 e. The number of para-hydroxylation sites is 1. The van der Waals surface area contributed by atoms with E-state index in [0.717, 1.165) is 21.2 Å². The molecule has 4 N–H and O–H groups in total. The van der Waals surface area contributed by atoms with Gasteiger partial charge in [0.25, 0.3) is 0 Å². The predicted octanol–water partition coefficient (Wildman–Crippen LogP) is 5.66. The summed E-state index contributed by atoms with van der Waals surface area (Å²) in [5, 5.41) is 11.4. The summed E-state index contributed by atoms with van der Waals surface area (Å²) in [6.45, 7) is 1.53. The molecule has 37 heavy (non-hydrogen) atoms. The largest absolute Gasteiger partial charge is 0.481 e. The first-order valence-corrected chi connectivity index (χ1v) is 12.5. The monoisotopic (exact) mass is 517 g/mol. The molecular formula is C28H27N3O5S. The third-order valence-electron chi connectivity index (χ3n) is 5.52. The number of carbonyl (C=O) groups is 2. The molecule has 0 saturated carbocycles. The molecule has 0 bridgehead atoms. The first-order chi connectivity index (χ1) is 17.9. The van der Waals surface area contributed by atoms with Crippen LogP contribution in [0.3, 0.4) is 0 Å². The lowest BCUT2D eigenvalue weighted by Crippen LogP contribution is -2.21. The van der Waals surface area contributed by atoms with E-state index in [1.165, 1.54) is 18.3 Å². The van der Waals surface area contributed by atoms with Crippen LogP contribution < -0.4 is 15.8 Å². The summed E-state index contributed by atoms with van der Waals surface area (Å²) < 4.78 is 17.9. The summed E-state index contributed by atoms with van der Waals surface area (Å²) in [5.74, 6) is 0.252. The minimum atomic E-state index is -0.628. The number of ether oxygens (including phenoxy) is 3. The van der Waals surface area contributed by atoms with Gasteiger partial charge < -0.3 is 19.9 Å². The highest BCUT2D eigenvalue weighted by Crippen LogP contribution is 2.35. The molecule has 0 aliphatic rings. The number of rotatable bonds is 10. The summed E-state index contributed by atoms with van der Waals surface area (Å²) in [7, 11) is 0. The predicted molar refractivity (Wildman–Crippen MR) is 144 cm³/mol. The molecule has 9 heteroatoms. The summed E-state index contributed by atoms with van der Waals surface area (Å²) in [5.41, 5.74) is 7.93. The van der Waals surface area contributed by atoms with Crippen molar-refractivity contribution in [1.82, 2.24) is 0 Å². The third-order valence-corrected chi connectivity index (χ3v) is 6.66. The highest BCUT2D eigenvalue weighted by Gasteiger charge is 2.19. The Balaban J connectivity index is 1.48. The van der Waals surface area contributed by atoms with Crippen molar-refractivity contribution in [3.8, 4) is 5.75 Å². The van der Waals surface area contributed by atoms with Gasteiger partial charge in [-0.15, -0.1) is 11.3 Å². The van der Waals surface area contributed by atoms with Gasteiger partial charge in [0.2, 0.25) is 0 Å². The van der Waals surface area contributed by atoms with Gasteiger partial charge in [0.1, 0.15) is 18.2 Å². The van der Waals surface area contributed by atoms with Crippen molar-refractivity contribution in [2.45, 2.75) is 19.4 Å². The van der Waals surface area contributed by atoms with Crippen LogP contribution in [0, 0.1) is 5.41 Å². The van der Waals surface area contributed by atoms with Gasteiger partial charge in [-0.25, -0.2) is 4.79 Å². The minimum absolute atomic E-state index is 0.0000916. The van der Waals surface area contributed by atoms with E-state index in [-0.39, 0.29) is 25.0 Å². The van der Waals surface area contributed by atoms with Gasteiger partial charge in [-0.05, 0) is 35.4 Å². The van der Waals surface area contributed by atoms with E-state index < -0.39 is 12.2 Å². The second-order valence-corrected chi connectivity index (χ2v) is 9.26. The third kappa shape index (κ3) is 6.86. The topological polar surface area (TPSA) is 124 Å². The normalized spacial score (nSPS) is 11.5. The van der Waals surface area contributed by atoms with Crippen LogP contribution in [-0.4, -0.2) is 31.1 Å². The molecule has 0 spiro atoms. The van der Waals surface area contributed by atoms with Crippen molar-refractivity contribution in [2.75, 3.05) is 18.5 Å². The van der Waals surface area contributed by atoms with E-state index in [9.17, 15) is 9.59 Å². The maximum atomic E-state index is 12.7. The molecular weight excluding hydrogens is 490 g/mol. The SMILES string of the molecule is CC(=O)OCCc1ccccc1NC(=O)OCC(Oc1cccc2sc(C(=N)N)cc12)c1ccccc1. The number of nitrogen functional groups attached to an aromatic ring is 1. The van der Waals surface area contributed by atoms with E-state index in [4.69, 9.17) is 25.4 Å². The molecule has 0 radical (unpaired) electrons. The lowest BCUT2D eigenvalue weighted by atomic mass is 10.1. The summed E-state index contributed by atoms with van der Waals surface area (Å²) in [6, 6.07) is 24.3.